The van der Waals surface area contributed by atoms with Gasteiger partial charge in [-0.05, 0) is 18.1 Å². The van der Waals surface area contributed by atoms with Crippen molar-refractivity contribution < 1.29 is 21.4 Å². The van der Waals surface area contributed by atoms with Gasteiger partial charge < -0.3 is 21.4 Å². The molecule has 0 aliphatic carbocycles. The van der Waals surface area contributed by atoms with Crippen LogP contribution in [-0.2, 0) is 11.0 Å². The monoisotopic (exact) mass is 324 g/mol. The molecule has 4 heteroatoms. The average Bonchev–Trinajstić information content (AvgIpc) is 2.15. The maximum atomic E-state index is 6.09. The quantitative estimate of drug-likeness (QED) is 0.585. The third kappa shape index (κ3) is 6.38. The Labute approximate surface area is 133 Å². The van der Waals surface area contributed by atoms with Crippen LogP contribution in [0.3, 0.4) is 0 Å². The number of hydrogen-bond acceptors (Lipinski definition) is 1. The summed E-state index contributed by atoms with van der Waals surface area (Å²) >= 11 is 0. The summed E-state index contributed by atoms with van der Waals surface area (Å²) in [6, 6.07) is 11.2. The summed E-state index contributed by atoms with van der Waals surface area (Å²) in [7, 11) is -1.61. The van der Waals surface area contributed by atoms with Gasteiger partial charge in [-0.15, -0.1) is 5.56 Å². The smallest absolute Gasteiger partial charge is 1.00 e. The number of hydrogen-bond donors (Lipinski definition) is 0. The zero-order valence-electron chi connectivity index (χ0n) is 11.5. The molecule has 17 heavy (non-hydrogen) atoms. The molecular formula is C13H21BrMgOSi. The number of rotatable bonds is 3. The van der Waals surface area contributed by atoms with Crippen LogP contribution < -0.4 is 17.0 Å². The molecule has 0 radical (unpaired) electrons. The van der Waals surface area contributed by atoms with Gasteiger partial charge in [0.1, 0.15) is 0 Å². The second kappa shape index (κ2) is 7.94. The molecule has 1 aromatic rings. The van der Waals surface area contributed by atoms with Crippen molar-refractivity contribution in [1.29, 1.82) is 0 Å². The van der Waals surface area contributed by atoms with E-state index in [2.05, 4.69) is 46.0 Å². The Bertz CT molecular complexity index is 309. The van der Waals surface area contributed by atoms with Crippen LogP contribution in [0, 0.1) is 6.07 Å². The van der Waals surface area contributed by atoms with Gasteiger partial charge in [0.2, 0.25) is 0 Å². The largest absolute Gasteiger partial charge is 2.00 e. The summed E-state index contributed by atoms with van der Waals surface area (Å²) in [5, 5.41) is 0.280. The predicted molar refractivity (Wildman–Crippen MR) is 73.0 cm³/mol. The minimum atomic E-state index is -1.61. The Kier molecular flexibility index (Phi) is 9.33. The molecular weight excluding hydrogens is 304 g/mol. The second-order valence-corrected chi connectivity index (χ2v) is 10.2. The standard InChI is InChI=1S/C13H21OSi.BrH.Mg/c1-13(2,3)15(4,5)14-11-12-9-7-6-8-10-12;;/h6-9H,11H2,1-5H3;1H;/q-1;;+2/p-1. The van der Waals surface area contributed by atoms with E-state index >= 15 is 0 Å². The van der Waals surface area contributed by atoms with Gasteiger partial charge in [-0.3, -0.25) is 0 Å². The molecule has 0 N–H and O–H groups in total. The molecule has 0 saturated heterocycles. The molecule has 0 unspecified atom stereocenters. The summed E-state index contributed by atoms with van der Waals surface area (Å²) < 4.78 is 6.09. The second-order valence-electron chi connectivity index (χ2n) is 5.44. The minimum Gasteiger partial charge on any atom is -1.00 e. The molecule has 1 nitrogen and oxygen atoms in total. The predicted octanol–water partition coefficient (Wildman–Crippen LogP) is 0.632. The molecule has 0 saturated carbocycles. The van der Waals surface area contributed by atoms with E-state index in [0.29, 0.717) is 6.61 Å². The van der Waals surface area contributed by atoms with Crippen molar-refractivity contribution in [2.75, 3.05) is 0 Å². The van der Waals surface area contributed by atoms with Gasteiger partial charge in [-0.1, -0.05) is 20.8 Å². The molecule has 0 fully saturated rings. The van der Waals surface area contributed by atoms with Gasteiger partial charge in [-0.25, -0.2) is 0 Å². The normalized spacial score (nSPS) is 11.4. The van der Waals surface area contributed by atoms with E-state index in [1.165, 1.54) is 0 Å². The first-order valence-corrected chi connectivity index (χ1v) is 8.33. The van der Waals surface area contributed by atoms with Crippen LogP contribution in [-0.4, -0.2) is 31.4 Å². The van der Waals surface area contributed by atoms with Crippen molar-refractivity contribution in [1.82, 2.24) is 0 Å². The molecule has 0 aromatic heterocycles. The minimum absolute atomic E-state index is 0. The van der Waals surface area contributed by atoms with Gasteiger partial charge >= 0.3 is 23.1 Å². The van der Waals surface area contributed by atoms with Crippen LogP contribution in [0.4, 0.5) is 0 Å². The van der Waals surface area contributed by atoms with Crippen LogP contribution >= 0.6 is 0 Å². The van der Waals surface area contributed by atoms with Gasteiger partial charge in [0.15, 0.2) is 8.32 Å². The van der Waals surface area contributed by atoms with Crippen LogP contribution in [0.5, 0.6) is 0 Å². The van der Waals surface area contributed by atoms with Crippen molar-refractivity contribution in [3.8, 4) is 0 Å². The van der Waals surface area contributed by atoms with Crippen molar-refractivity contribution in [3.05, 3.63) is 35.9 Å². The van der Waals surface area contributed by atoms with Gasteiger partial charge in [0.25, 0.3) is 0 Å². The fourth-order valence-electron chi connectivity index (χ4n) is 0.995. The fourth-order valence-corrected chi connectivity index (χ4v) is 1.94. The first kappa shape index (κ1) is 20.0. The number of halogens is 1. The molecule has 92 valence electrons. The van der Waals surface area contributed by atoms with Crippen molar-refractivity contribution in [3.63, 3.8) is 0 Å². The van der Waals surface area contributed by atoms with E-state index in [4.69, 9.17) is 4.43 Å². The number of benzene rings is 1. The molecule has 0 spiro atoms. The average molecular weight is 326 g/mol. The van der Waals surface area contributed by atoms with E-state index < -0.39 is 8.32 Å². The SMILES string of the molecule is CC(C)(C)[Si](C)(C)OCc1[c-]cccc1.[Br-].[Mg+2]. The van der Waals surface area contributed by atoms with Crippen molar-refractivity contribution in [2.24, 2.45) is 0 Å². The van der Waals surface area contributed by atoms with E-state index in [1.54, 1.807) is 0 Å². The van der Waals surface area contributed by atoms with Gasteiger partial charge in [0.05, 0.1) is 0 Å². The molecule has 0 amide bonds. The summed E-state index contributed by atoms with van der Waals surface area (Å²) in [6.45, 7) is 12.0. The maximum absolute atomic E-state index is 6.09. The Morgan fingerprint density at radius 1 is 1.24 bits per heavy atom. The topological polar surface area (TPSA) is 9.23 Å². The molecule has 0 aliphatic rings. The summed E-state index contributed by atoms with van der Waals surface area (Å²) in [5.74, 6) is 0. The van der Waals surface area contributed by atoms with Gasteiger partial charge in [0, 0.05) is 6.61 Å². The van der Waals surface area contributed by atoms with Crippen molar-refractivity contribution >= 4 is 31.4 Å². The zero-order chi connectivity index (χ0) is 11.5. The first-order chi connectivity index (χ1) is 6.83. The zero-order valence-corrected chi connectivity index (χ0v) is 15.5. The van der Waals surface area contributed by atoms with Crippen LogP contribution in [0.25, 0.3) is 0 Å². The molecule has 1 rings (SSSR count). The van der Waals surface area contributed by atoms with Crippen molar-refractivity contribution in [2.45, 2.75) is 45.5 Å². The van der Waals surface area contributed by atoms with E-state index in [1.807, 2.05) is 18.2 Å². The Hall–Kier alpha value is 0.643. The molecule has 0 aliphatic heterocycles. The fraction of sp³-hybridized carbons (Fsp3) is 0.538. The van der Waals surface area contributed by atoms with Crippen LogP contribution in [0.2, 0.25) is 18.1 Å². The summed E-state index contributed by atoms with van der Waals surface area (Å²) in [6.07, 6.45) is 0. The van der Waals surface area contributed by atoms with Gasteiger partial charge in [-0.2, -0.15) is 30.3 Å². The van der Waals surface area contributed by atoms with E-state index in [9.17, 15) is 0 Å². The van der Waals surface area contributed by atoms with E-state index in [-0.39, 0.29) is 45.1 Å². The van der Waals surface area contributed by atoms with Crippen LogP contribution in [0.1, 0.15) is 26.3 Å². The Morgan fingerprint density at radius 3 is 2.24 bits per heavy atom. The molecule has 0 bridgehead atoms. The summed E-state index contributed by atoms with van der Waals surface area (Å²) in [4.78, 5) is 0. The third-order valence-corrected chi connectivity index (χ3v) is 7.65. The molecule has 0 heterocycles. The Morgan fingerprint density at radius 2 is 1.82 bits per heavy atom. The Balaban J connectivity index is 0. The summed E-state index contributed by atoms with van der Waals surface area (Å²) in [5.41, 5.74) is 1.14. The third-order valence-electron chi connectivity index (χ3n) is 3.17. The van der Waals surface area contributed by atoms with E-state index in [0.717, 1.165) is 5.56 Å². The first-order valence-electron chi connectivity index (χ1n) is 5.42. The van der Waals surface area contributed by atoms with Crippen LogP contribution in [0.15, 0.2) is 24.3 Å². The maximum Gasteiger partial charge on any atom is 2.00 e. The molecule has 0 atom stereocenters. The molecule has 1 aromatic carbocycles.